The van der Waals surface area contributed by atoms with Gasteiger partial charge in [0.2, 0.25) is 0 Å². The first-order valence-corrected chi connectivity index (χ1v) is 11.6. The first-order chi connectivity index (χ1) is 15.7. The second-order valence-electron chi connectivity index (χ2n) is 7.96. The van der Waals surface area contributed by atoms with Crippen molar-refractivity contribution in [3.63, 3.8) is 0 Å². The molecule has 0 radical (unpaired) electrons. The zero-order valence-electron chi connectivity index (χ0n) is 18.0. The first kappa shape index (κ1) is 20.8. The summed E-state index contributed by atoms with van der Waals surface area (Å²) in [7, 11) is 1.81. The molecule has 164 valence electrons. The predicted octanol–water partition coefficient (Wildman–Crippen LogP) is 3.56. The normalized spacial score (nSPS) is 14.7. The summed E-state index contributed by atoms with van der Waals surface area (Å²) in [6.07, 6.45) is 3.87. The van der Waals surface area contributed by atoms with Gasteiger partial charge in [0.1, 0.15) is 10.7 Å². The number of rotatable bonds is 6. The Morgan fingerprint density at radius 1 is 1.16 bits per heavy atom. The molecule has 0 spiro atoms. The lowest BCUT2D eigenvalue weighted by atomic mass is 10.2. The summed E-state index contributed by atoms with van der Waals surface area (Å²) in [5.41, 5.74) is 4.23. The monoisotopic (exact) mass is 447 g/mol. The zero-order valence-corrected chi connectivity index (χ0v) is 18.8. The number of imidazole rings is 1. The van der Waals surface area contributed by atoms with Crippen molar-refractivity contribution in [2.45, 2.75) is 13.1 Å². The molecule has 0 bridgehead atoms. The molecule has 32 heavy (non-hydrogen) atoms. The lowest BCUT2D eigenvalue weighted by Crippen LogP contribution is -2.35. The van der Waals surface area contributed by atoms with Gasteiger partial charge in [-0.05, 0) is 12.1 Å². The van der Waals surface area contributed by atoms with E-state index in [1.54, 1.807) is 16.2 Å². The third kappa shape index (κ3) is 4.57. The number of fused-ring (bicyclic) bond motifs is 1. The van der Waals surface area contributed by atoms with Gasteiger partial charge in [-0.3, -0.25) is 9.69 Å². The van der Waals surface area contributed by atoms with E-state index in [0.717, 1.165) is 60.5 Å². The van der Waals surface area contributed by atoms with E-state index in [-0.39, 0.29) is 5.91 Å². The number of hydrogen-bond acceptors (Lipinski definition) is 6. The molecule has 4 aromatic rings. The summed E-state index contributed by atoms with van der Waals surface area (Å²) in [5, 5.41) is 3.12. The number of morpholine rings is 1. The molecule has 0 aliphatic carbocycles. The number of ether oxygens (including phenoxy) is 1. The fourth-order valence-electron chi connectivity index (χ4n) is 3.84. The van der Waals surface area contributed by atoms with E-state index in [4.69, 9.17) is 14.7 Å². The molecule has 8 heteroatoms. The number of carbonyl (C=O) groups excluding carboxylic acids is 1. The fourth-order valence-corrected chi connectivity index (χ4v) is 4.67. The second-order valence-corrected chi connectivity index (χ2v) is 8.90. The summed E-state index contributed by atoms with van der Waals surface area (Å²) in [6, 6.07) is 13.7. The fraction of sp³-hybridized carbons (Fsp3) is 0.292. The van der Waals surface area contributed by atoms with Crippen LogP contribution in [0.25, 0.3) is 16.9 Å². The Bertz CT molecular complexity index is 1210. The Balaban J connectivity index is 1.26. The van der Waals surface area contributed by atoms with Crippen molar-refractivity contribution in [1.82, 2.24) is 24.2 Å². The van der Waals surface area contributed by atoms with Crippen LogP contribution < -0.4 is 0 Å². The van der Waals surface area contributed by atoms with E-state index >= 15 is 0 Å². The van der Waals surface area contributed by atoms with Crippen LogP contribution in [0.15, 0.2) is 60.2 Å². The van der Waals surface area contributed by atoms with Crippen molar-refractivity contribution in [2.75, 3.05) is 33.4 Å². The summed E-state index contributed by atoms with van der Waals surface area (Å²) >= 11 is 1.65. The molecule has 1 amide bonds. The predicted molar refractivity (Wildman–Crippen MR) is 125 cm³/mol. The highest BCUT2D eigenvalue weighted by atomic mass is 32.1. The van der Waals surface area contributed by atoms with Crippen molar-refractivity contribution in [2.24, 2.45) is 0 Å². The molecular formula is C24H25N5O2S. The molecule has 0 saturated carbocycles. The van der Waals surface area contributed by atoms with Crippen LogP contribution in [0.1, 0.15) is 21.1 Å². The number of pyridine rings is 1. The van der Waals surface area contributed by atoms with Crippen molar-refractivity contribution < 1.29 is 9.53 Å². The Morgan fingerprint density at radius 3 is 2.78 bits per heavy atom. The molecule has 0 atom stereocenters. The van der Waals surface area contributed by atoms with Crippen molar-refractivity contribution in [3.05, 3.63) is 76.5 Å². The third-order valence-corrected chi connectivity index (χ3v) is 6.47. The molecule has 0 unspecified atom stereocenters. The van der Waals surface area contributed by atoms with Crippen LogP contribution in [-0.4, -0.2) is 63.4 Å². The summed E-state index contributed by atoms with van der Waals surface area (Å²) in [6.45, 7) is 4.76. The molecule has 1 aromatic carbocycles. The first-order valence-electron chi connectivity index (χ1n) is 10.7. The average Bonchev–Trinajstić information content (AvgIpc) is 3.46. The van der Waals surface area contributed by atoms with Crippen LogP contribution in [-0.2, 0) is 17.8 Å². The molecule has 7 nitrogen and oxygen atoms in total. The number of amides is 1. The lowest BCUT2D eigenvalue weighted by molar-refractivity contribution is 0.0341. The molecule has 1 aliphatic rings. The van der Waals surface area contributed by atoms with Crippen LogP contribution in [0, 0.1) is 0 Å². The van der Waals surface area contributed by atoms with Gasteiger partial charge < -0.3 is 14.0 Å². The highest BCUT2D eigenvalue weighted by Gasteiger charge is 2.17. The van der Waals surface area contributed by atoms with Crippen molar-refractivity contribution >= 4 is 22.9 Å². The minimum Gasteiger partial charge on any atom is -0.379 e. The molecule has 0 N–H and O–H groups in total. The van der Waals surface area contributed by atoms with Crippen LogP contribution in [0.5, 0.6) is 0 Å². The molecule has 1 aliphatic heterocycles. The highest BCUT2D eigenvalue weighted by molar-refractivity contribution is 7.09. The number of thiazole rings is 1. The third-order valence-electron chi connectivity index (χ3n) is 5.58. The molecule has 4 heterocycles. The van der Waals surface area contributed by atoms with E-state index in [1.165, 1.54) is 0 Å². The Kier molecular flexibility index (Phi) is 5.98. The van der Waals surface area contributed by atoms with E-state index < -0.39 is 0 Å². The van der Waals surface area contributed by atoms with E-state index in [2.05, 4.69) is 4.90 Å². The Morgan fingerprint density at radius 2 is 1.97 bits per heavy atom. The quantitative estimate of drug-likeness (QED) is 0.452. The van der Waals surface area contributed by atoms with Gasteiger partial charge in [-0.15, -0.1) is 11.3 Å². The van der Waals surface area contributed by atoms with E-state index in [0.29, 0.717) is 12.1 Å². The number of nitrogens with zero attached hydrogens (tertiary/aromatic N) is 5. The van der Waals surface area contributed by atoms with Crippen LogP contribution in [0.2, 0.25) is 0 Å². The zero-order chi connectivity index (χ0) is 21.9. The average molecular weight is 448 g/mol. The molecule has 1 saturated heterocycles. The van der Waals surface area contributed by atoms with Crippen LogP contribution in [0.4, 0.5) is 0 Å². The lowest BCUT2D eigenvalue weighted by Gasteiger charge is -2.25. The number of aromatic nitrogens is 3. The maximum atomic E-state index is 13.0. The number of benzene rings is 1. The summed E-state index contributed by atoms with van der Waals surface area (Å²) in [5.74, 6) is -0.0421. The van der Waals surface area contributed by atoms with Gasteiger partial charge in [0.05, 0.1) is 37.7 Å². The minimum atomic E-state index is -0.0421. The van der Waals surface area contributed by atoms with Gasteiger partial charge in [0.25, 0.3) is 5.91 Å². The van der Waals surface area contributed by atoms with Crippen molar-refractivity contribution in [1.29, 1.82) is 0 Å². The van der Waals surface area contributed by atoms with E-state index in [1.807, 2.05) is 71.7 Å². The summed E-state index contributed by atoms with van der Waals surface area (Å²) < 4.78 is 7.35. The maximum absolute atomic E-state index is 13.0. The standard InChI is InChI=1S/C24H25N5O2S/c1-27(14-20-17-32-23(25-20)16-28-9-11-31-12-10-28)24(30)19-7-8-29-15-21(26-22(29)13-19)18-5-3-2-4-6-18/h2-8,13,15,17H,9-12,14,16H2,1H3. The van der Waals surface area contributed by atoms with E-state index in [9.17, 15) is 4.79 Å². The highest BCUT2D eigenvalue weighted by Crippen LogP contribution is 2.20. The van der Waals surface area contributed by atoms with Gasteiger partial charge in [0, 0.05) is 49.0 Å². The van der Waals surface area contributed by atoms with Gasteiger partial charge in [-0.2, -0.15) is 0 Å². The molecule has 1 fully saturated rings. The van der Waals surface area contributed by atoms with Gasteiger partial charge in [0.15, 0.2) is 0 Å². The van der Waals surface area contributed by atoms with Crippen LogP contribution >= 0.6 is 11.3 Å². The number of hydrogen-bond donors (Lipinski definition) is 0. The SMILES string of the molecule is CN(Cc1csc(CN2CCOCC2)n1)C(=O)c1ccn2cc(-c3ccccc3)nc2c1. The number of carbonyl (C=O) groups is 1. The molecule has 3 aromatic heterocycles. The Labute approximate surface area is 190 Å². The topological polar surface area (TPSA) is 63.0 Å². The van der Waals surface area contributed by atoms with Gasteiger partial charge in [-0.25, -0.2) is 9.97 Å². The minimum absolute atomic E-state index is 0.0421. The van der Waals surface area contributed by atoms with Gasteiger partial charge >= 0.3 is 0 Å². The smallest absolute Gasteiger partial charge is 0.254 e. The van der Waals surface area contributed by atoms with Crippen molar-refractivity contribution in [3.8, 4) is 11.3 Å². The Hall–Kier alpha value is -3.07. The maximum Gasteiger partial charge on any atom is 0.254 e. The second kappa shape index (κ2) is 9.20. The molecule has 5 rings (SSSR count). The van der Waals surface area contributed by atoms with Gasteiger partial charge in [-0.1, -0.05) is 30.3 Å². The van der Waals surface area contributed by atoms with Crippen LogP contribution in [0.3, 0.4) is 0 Å². The summed E-state index contributed by atoms with van der Waals surface area (Å²) in [4.78, 5) is 26.5. The molecular weight excluding hydrogens is 422 g/mol. The largest absolute Gasteiger partial charge is 0.379 e.